The molecule has 0 radical (unpaired) electrons. The van der Waals surface area contributed by atoms with Crippen LogP contribution in [0.1, 0.15) is 37.7 Å². The summed E-state index contributed by atoms with van der Waals surface area (Å²) in [5.74, 6) is 0. The van der Waals surface area contributed by atoms with Crippen molar-refractivity contribution < 1.29 is 4.79 Å². The normalized spacial score (nSPS) is 10.8. The minimum atomic E-state index is -0.574. The summed E-state index contributed by atoms with van der Waals surface area (Å²) in [4.78, 5) is 13.9. The molecule has 0 aliphatic rings. The van der Waals surface area contributed by atoms with E-state index < -0.39 is 6.03 Å². The fourth-order valence-corrected chi connectivity index (χ4v) is 2.21. The number of rotatable bonds is 4. The molecule has 0 fully saturated rings. The highest BCUT2D eigenvalue weighted by Crippen LogP contribution is 2.26. The van der Waals surface area contributed by atoms with Crippen LogP contribution in [-0.2, 0) is 12.0 Å². The zero-order valence-electron chi connectivity index (χ0n) is 14.2. The van der Waals surface area contributed by atoms with E-state index in [1.165, 1.54) is 5.56 Å². The Morgan fingerprint density at radius 1 is 1.33 bits per heavy atom. The number of benzene rings is 1. The Labute approximate surface area is 140 Å². The number of carbonyl (C=O) groups excluding carboxylic acids is 1. The van der Waals surface area contributed by atoms with Crippen molar-refractivity contribution in [3.8, 4) is 5.69 Å². The number of carbonyl (C=O) groups is 1. The molecule has 2 N–H and O–H groups in total. The van der Waals surface area contributed by atoms with Crippen LogP contribution >= 0.6 is 0 Å². The van der Waals surface area contributed by atoms with Crippen LogP contribution in [0.2, 0.25) is 0 Å². The van der Waals surface area contributed by atoms with E-state index in [4.69, 9.17) is 5.53 Å². The summed E-state index contributed by atoms with van der Waals surface area (Å²) in [6.07, 6.45) is 0. The largest absolute Gasteiger partial charge is 0.409 e. The molecule has 1 aromatic heterocycles. The van der Waals surface area contributed by atoms with Gasteiger partial charge in [-0.05, 0) is 30.3 Å². The van der Waals surface area contributed by atoms with Crippen molar-refractivity contribution in [2.45, 2.75) is 39.7 Å². The second-order valence-electron chi connectivity index (χ2n) is 6.50. The molecule has 8 heteroatoms. The number of aromatic nitrogens is 2. The van der Waals surface area contributed by atoms with Crippen LogP contribution in [0.5, 0.6) is 0 Å². The Morgan fingerprint density at radius 2 is 2.00 bits per heavy atom. The summed E-state index contributed by atoms with van der Waals surface area (Å²) < 4.78 is 1.89. The highest BCUT2D eigenvalue weighted by atomic mass is 16.2. The number of nitrogens with zero attached hydrogens (tertiary/aromatic N) is 5. The van der Waals surface area contributed by atoms with Gasteiger partial charge in [0.2, 0.25) is 0 Å². The molecule has 2 aromatic rings. The first kappa shape index (κ1) is 17.4. The average Bonchev–Trinajstić information content (AvgIpc) is 2.96. The third kappa shape index (κ3) is 4.27. The van der Waals surface area contributed by atoms with Gasteiger partial charge >= 0.3 is 6.03 Å². The van der Waals surface area contributed by atoms with E-state index in [1.54, 1.807) is 0 Å². The zero-order valence-corrected chi connectivity index (χ0v) is 14.2. The molecule has 0 unspecified atom stereocenters. The minimum absolute atomic E-state index is 0.108. The molecule has 2 amide bonds. The second-order valence-corrected chi connectivity index (χ2v) is 6.50. The predicted molar refractivity (Wildman–Crippen MR) is 91.5 cm³/mol. The number of azide groups is 1. The standard InChI is InChI=1S/C16H21N7O/c1-11-5-7-13(8-6-11)23-14(16(2,3)4)9-12(20-23)10-18-15(24)19-22-21-17/h5-9H,10H2,1-4H3,(H2,18,19,24). The molecule has 1 heterocycles. The zero-order chi connectivity index (χ0) is 17.7. The van der Waals surface area contributed by atoms with E-state index >= 15 is 0 Å². The predicted octanol–water partition coefficient (Wildman–Crippen LogP) is 3.50. The molecule has 8 nitrogen and oxygen atoms in total. The highest BCUT2D eigenvalue weighted by molar-refractivity contribution is 5.73. The number of urea groups is 1. The summed E-state index contributed by atoms with van der Waals surface area (Å²) in [7, 11) is 0. The monoisotopic (exact) mass is 327 g/mol. The number of amides is 2. The van der Waals surface area contributed by atoms with Gasteiger partial charge in [-0.3, -0.25) is 0 Å². The van der Waals surface area contributed by atoms with Gasteiger partial charge < -0.3 is 5.32 Å². The third-order valence-corrected chi connectivity index (χ3v) is 3.43. The molecule has 0 spiro atoms. The van der Waals surface area contributed by atoms with E-state index in [0.717, 1.165) is 17.1 Å². The van der Waals surface area contributed by atoms with E-state index in [2.05, 4.69) is 41.3 Å². The second kappa shape index (κ2) is 7.06. The van der Waals surface area contributed by atoms with Gasteiger partial charge in [0.1, 0.15) is 0 Å². The minimum Gasteiger partial charge on any atom is -0.312 e. The van der Waals surface area contributed by atoms with Crippen molar-refractivity contribution in [2.24, 2.45) is 5.22 Å². The molecule has 0 bridgehead atoms. The van der Waals surface area contributed by atoms with Crippen molar-refractivity contribution in [1.82, 2.24) is 20.5 Å². The molecule has 0 saturated heterocycles. The van der Waals surface area contributed by atoms with Crippen LogP contribution < -0.4 is 10.7 Å². The topological polar surface area (TPSA) is 108 Å². The molecule has 0 atom stereocenters. The number of aryl methyl sites for hydroxylation is 1. The molecule has 0 saturated carbocycles. The average molecular weight is 327 g/mol. The lowest BCUT2D eigenvalue weighted by atomic mass is 9.91. The molecular weight excluding hydrogens is 306 g/mol. The van der Waals surface area contributed by atoms with Gasteiger partial charge in [0, 0.05) is 11.1 Å². The first-order valence-corrected chi connectivity index (χ1v) is 7.55. The van der Waals surface area contributed by atoms with Gasteiger partial charge in [-0.15, -0.1) is 5.53 Å². The fraction of sp³-hybridized carbons (Fsp3) is 0.375. The first-order valence-electron chi connectivity index (χ1n) is 7.55. The fourth-order valence-electron chi connectivity index (χ4n) is 2.21. The smallest absolute Gasteiger partial charge is 0.312 e. The molecule has 1 aromatic carbocycles. The van der Waals surface area contributed by atoms with E-state index in [0.29, 0.717) is 0 Å². The van der Waals surface area contributed by atoms with Gasteiger partial charge in [-0.2, -0.15) is 15.4 Å². The maximum Gasteiger partial charge on any atom is 0.409 e. The van der Waals surface area contributed by atoms with Crippen LogP contribution in [0.25, 0.3) is 16.1 Å². The van der Waals surface area contributed by atoms with Crippen LogP contribution in [0.3, 0.4) is 0 Å². The highest BCUT2D eigenvalue weighted by Gasteiger charge is 2.22. The van der Waals surface area contributed by atoms with Gasteiger partial charge in [-0.25, -0.2) is 9.48 Å². The Morgan fingerprint density at radius 3 is 2.58 bits per heavy atom. The third-order valence-electron chi connectivity index (χ3n) is 3.43. The van der Waals surface area contributed by atoms with E-state index in [9.17, 15) is 4.79 Å². The first-order chi connectivity index (χ1) is 11.3. The Bertz CT molecular complexity index is 765. The van der Waals surface area contributed by atoms with Crippen molar-refractivity contribution in [3.05, 3.63) is 57.7 Å². The van der Waals surface area contributed by atoms with E-state index in [1.807, 2.05) is 47.4 Å². The Hall–Kier alpha value is -2.99. The lowest BCUT2D eigenvalue weighted by molar-refractivity contribution is 0.240. The van der Waals surface area contributed by atoms with Crippen molar-refractivity contribution in [1.29, 1.82) is 0 Å². The summed E-state index contributed by atoms with van der Waals surface area (Å²) in [5, 5.41) is 10.2. The van der Waals surface area contributed by atoms with Crippen LogP contribution in [0, 0.1) is 6.92 Å². The summed E-state index contributed by atoms with van der Waals surface area (Å²) in [5.41, 5.74) is 14.0. The molecular formula is C16H21N7O. The maximum atomic E-state index is 11.4. The number of hydrogen-bond donors (Lipinski definition) is 2. The lowest BCUT2D eigenvalue weighted by Crippen LogP contribution is -2.31. The van der Waals surface area contributed by atoms with Crippen LogP contribution in [0.4, 0.5) is 4.79 Å². The maximum absolute atomic E-state index is 11.4. The molecule has 24 heavy (non-hydrogen) atoms. The van der Waals surface area contributed by atoms with Gasteiger partial charge in [0.05, 0.1) is 17.9 Å². The molecule has 126 valence electrons. The number of nitrogens with one attached hydrogen (secondary N) is 2. The lowest BCUT2D eigenvalue weighted by Gasteiger charge is -2.20. The SMILES string of the molecule is Cc1ccc(-n2nc(CNC(=O)NN=[N+]=[N-])cc2C(C)(C)C)cc1. The summed E-state index contributed by atoms with van der Waals surface area (Å²) >= 11 is 0. The van der Waals surface area contributed by atoms with Gasteiger partial charge in [0.15, 0.2) is 0 Å². The quantitative estimate of drug-likeness (QED) is 0.388. The van der Waals surface area contributed by atoms with Crippen LogP contribution in [0.15, 0.2) is 35.6 Å². The van der Waals surface area contributed by atoms with Gasteiger partial charge in [0.25, 0.3) is 0 Å². The van der Waals surface area contributed by atoms with Gasteiger partial charge in [-0.1, -0.05) is 38.5 Å². The van der Waals surface area contributed by atoms with Crippen molar-refractivity contribution >= 4 is 6.03 Å². The number of hydrogen-bond acceptors (Lipinski definition) is 3. The van der Waals surface area contributed by atoms with Crippen molar-refractivity contribution in [3.63, 3.8) is 0 Å². The Balaban J connectivity index is 2.27. The summed E-state index contributed by atoms with van der Waals surface area (Å²) in [6, 6.07) is 9.50. The van der Waals surface area contributed by atoms with Crippen molar-refractivity contribution in [2.75, 3.05) is 0 Å². The molecule has 2 rings (SSSR count). The van der Waals surface area contributed by atoms with Crippen LogP contribution in [-0.4, -0.2) is 15.8 Å². The Kier molecular flexibility index (Phi) is 5.11. The summed E-state index contributed by atoms with van der Waals surface area (Å²) in [6.45, 7) is 8.60. The molecule has 0 aliphatic carbocycles. The molecule has 0 aliphatic heterocycles. The van der Waals surface area contributed by atoms with E-state index in [-0.39, 0.29) is 12.0 Å².